The highest BCUT2D eigenvalue weighted by Crippen LogP contribution is 2.22. The molecule has 1 aromatic carbocycles. The minimum atomic E-state index is 0.115. The Bertz CT molecular complexity index is 359. The molecule has 94 valence electrons. The van der Waals surface area contributed by atoms with Gasteiger partial charge in [-0.05, 0) is 44.0 Å². The first-order valence-electron chi connectivity index (χ1n) is 6.39. The van der Waals surface area contributed by atoms with Gasteiger partial charge in [0.2, 0.25) is 0 Å². The quantitative estimate of drug-likeness (QED) is 0.817. The number of ether oxygens (including phenoxy) is 1. The van der Waals surface area contributed by atoms with Gasteiger partial charge in [-0.3, -0.25) is 0 Å². The molecule has 1 unspecified atom stereocenters. The molecule has 3 N–H and O–H groups in total. The molecule has 1 aromatic rings. The minimum Gasteiger partial charge on any atom is -0.494 e. The van der Waals surface area contributed by atoms with Crippen LogP contribution in [-0.2, 0) is 0 Å². The molecule has 17 heavy (non-hydrogen) atoms. The predicted octanol–water partition coefficient (Wildman–Crippen LogP) is 1.84. The van der Waals surface area contributed by atoms with Crippen LogP contribution in [0.1, 0.15) is 24.8 Å². The molecule has 0 saturated carbocycles. The van der Waals surface area contributed by atoms with Crippen LogP contribution in [0.5, 0.6) is 5.75 Å². The fraction of sp³-hybridized carbons (Fsp3) is 0.571. The molecule has 1 fully saturated rings. The van der Waals surface area contributed by atoms with Crippen molar-refractivity contribution in [3.05, 3.63) is 29.8 Å². The highest BCUT2D eigenvalue weighted by molar-refractivity contribution is 5.27. The van der Waals surface area contributed by atoms with Gasteiger partial charge >= 0.3 is 0 Å². The van der Waals surface area contributed by atoms with Crippen molar-refractivity contribution in [2.24, 2.45) is 5.73 Å². The molecule has 0 bridgehead atoms. The van der Waals surface area contributed by atoms with Crippen molar-refractivity contribution < 1.29 is 4.74 Å². The Kier molecular flexibility index (Phi) is 4.02. The molecular formula is C14H22N2O. The van der Waals surface area contributed by atoms with Gasteiger partial charge in [-0.2, -0.15) is 0 Å². The van der Waals surface area contributed by atoms with Crippen LogP contribution in [0.4, 0.5) is 0 Å². The van der Waals surface area contributed by atoms with E-state index in [4.69, 9.17) is 10.5 Å². The molecule has 1 aliphatic rings. The zero-order valence-electron chi connectivity index (χ0n) is 10.5. The summed E-state index contributed by atoms with van der Waals surface area (Å²) in [5.41, 5.74) is 7.20. The van der Waals surface area contributed by atoms with Crippen LogP contribution in [-0.4, -0.2) is 25.2 Å². The Morgan fingerprint density at radius 1 is 1.47 bits per heavy atom. The third-order valence-electron chi connectivity index (χ3n) is 3.56. The minimum absolute atomic E-state index is 0.115. The normalized spacial score (nSPS) is 23.9. The standard InChI is InChI=1S/C14H22N2O/c1-12-4-2-5-13(10-12)17-9-7-14(11-15)6-3-8-16-14/h2,4-5,10,16H,3,6-9,11,15H2,1H3. The van der Waals surface area contributed by atoms with Crippen molar-refractivity contribution in [3.8, 4) is 5.75 Å². The molecule has 1 saturated heterocycles. The molecule has 2 rings (SSSR count). The summed E-state index contributed by atoms with van der Waals surface area (Å²) < 4.78 is 5.78. The van der Waals surface area contributed by atoms with E-state index >= 15 is 0 Å². The molecule has 1 aliphatic heterocycles. The fourth-order valence-electron chi connectivity index (χ4n) is 2.43. The van der Waals surface area contributed by atoms with Gasteiger partial charge in [-0.15, -0.1) is 0 Å². The average molecular weight is 234 g/mol. The highest BCUT2D eigenvalue weighted by Gasteiger charge is 2.31. The van der Waals surface area contributed by atoms with E-state index in [0.717, 1.165) is 25.3 Å². The summed E-state index contributed by atoms with van der Waals surface area (Å²) in [6, 6.07) is 8.17. The number of aryl methyl sites for hydroxylation is 1. The lowest BCUT2D eigenvalue weighted by Crippen LogP contribution is -2.47. The number of rotatable bonds is 5. The lowest BCUT2D eigenvalue weighted by molar-refractivity contribution is 0.244. The summed E-state index contributed by atoms with van der Waals surface area (Å²) in [5.74, 6) is 0.954. The molecular weight excluding hydrogens is 212 g/mol. The monoisotopic (exact) mass is 234 g/mol. The van der Waals surface area contributed by atoms with Crippen molar-refractivity contribution in [3.63, 3.8) is 0 Å². The average Bonchev–Trinajstić information content (AvgIpc) is 2.79. The van der Waals surface area contributed by atoms with Crippen molar-refractivity contribution >= 4 is 0 Å². The van der Waals surface area contributed by atoms with E-state index in [-0.39, 0.29) is 5.54 Å². The SMILES string of the molecule is Cc1cccc(OCCC2(CN)CCCN2)c1. The topological polar surface area (TPSA) is 47.3 Å². The zero-order valence-corrected chi connectivity index (χ0v) is 10.5. The largest absolute Gasteiger partial charge is 0.494 e. The molecule has 1 atom stereocenters. The van der Waals surface area contributed by atoms with Gasteiger partial charge in [0, 0.05) is 18.5 Å². The van der Waals surface area contributed by atoms with E-state index < -0.39 is 0 Å². The van der Waals surface area contributed by atoms with Crippen LogP contribution in [0.25, 0.3) is 0 Å². The number of nitrogens with two attached hydrogens (primary N) is 1. The van der Waals surface area contributed by atoms with Crippen LogP contribution in [0.3, 0.4) is 0 Å². The number of benzene rings is 1. The lowest BCUT2D eigenvalue weighted by atomic mass is 9.94. The zero-order chi connectivity index (χ0) is 12.1. The second kappa shape index (κ2) is 5.52. The molecule has 0 aromatic heterocycles. The lowest BCUT2D eigenvalue weighted by Gasteiger charge is -2.27. The van der Waals surface area contributed by atoms with Gasteiger partial charge in [0.1, 0.15) is 5.75 Å². The molecule has 0 amide bonds. The molecule has 1 heterocycles. The van der Waals surface area contributed by atoms with E-state index in [1.165, 1.54) is 18.4 Å². The van der Waals surface area contributed by atoms with Gasteiger partial charge in [-0.25, -0.2) is 0 Å². The smallest absolute Gasteiger partial charge is 0.119 e. The van der Waals surface area contributed by atoms with E-state index in [1.54, 1.807) is 0 Å². The van der Waals surface area contributed by atoms with Crippen molar-refractivity contribution in [1.29, 1.82) is 0 Å². The van der Waals surface area contributed by atoms with Gasteiger partial charge in [-0.1, -0.05) is 12.1 Å². The van der Waals surface area contributed by atoms with Crippen LogP contribution in [0.15, 0.2) is 24.3 Å². The number of hydrogen-bond acceptors (Lipinski definition) is 3. The second-order valence-corrected chi connectivity index (χ2v) is 4.93. The Morgan fingerprint density at radius 2 is 2.35 bits per heavy atom. The maximum Gasteiger partial charge on any atom is 0.119 e. The van der Waals surface area contributed by atoms with Crippen LogP contribution in [0, 0.1) is 6.92 Å². The highest BCUT2D eigenvalue weighted by atomic mass is 16.5. The Morgan fingerprint density at radius 3 is 3.00 bits per heavy atom. The molecule has 3 heteroatoms. The van der Waals surface area contributed by atoms with Gasteiger partial charge in [0.25, 0.3) is 0 Å². The third-order valence-corrected chi connectivity index (χ3v) is 3.56. The molecule has 0 radical (unpaired) electrons. The predicted molar refractivity (Wildman–Crippen MR) is 70.3 cm³/mol. The molecule has 0 spiro atoms. The summed E-state index contributed by atoms with van der Waals surface area (Å²) in [6.45, 7) is 4.59. The first-order valence-corrected chi connectivity index (χ1v) is 6.39. The fourth-order valence-corrected chi connectivity index (χ4v) is 2.43. The summed E-state index contributed by atoms with van der Waals surface area (Å²) in [5, 5.41) is 3.51. The van der Waals surface area contributed by atoms with Crippen molar-refractivity contribution in [1.82, 2.24) is 5.32 Å². The number of hydrogen-bond donors (Lipinski definition) is 2. The second-order valence-electron chi connectivity index (χ2n) is 4.93. The van der Waals surface area contributed by atoms with E-state index in [1.807, 2.05) is 12.1 Å². The first kappa shape index (κ1) is 12.4. The Balaban J connectivity index is 1.82. The summed E-state index contributed by atoms with van der Waals surface area (Å²) in [4.78, 5) is 0. The van der Waals surface area contributed by atoms with Crippen molar-refractivity contribution in [2.45, 2.75) is 31.7 Å². The maximum absolute atomic E-state index is 5.85. The van der Waals surface area contributed by atoms with Gasteiger partial charge in [0.15, 0.2) is 0 Å². The Labute approximate surface area is 103 Å². The van der Waals surface area contributed by atoms with Gasteiger partial charge in [0.05, 0.1) is 6.61 Å². The Hall–Kier alpha value is -1.06. The third kappa shape index (κ3) is 3.20. The number of nitrogens with one attached hydrogen (secondary N) is 1. The van der Waals surface area contributed by atoms with E-state index in [9.17, 15) is 0 Å². The first-order chi connectivity index (χ1) is 8.24. The van der Waals surface area contributed by atoms with Crippen LogP contribution >= 0.6 is 0 Å². The van der Waals surface area contributed by atoms with Crippen LogP contribution in [0.2, 0.25) is 0 Å². The van der Waals surface area contributed by atoms with E-state index in [0.29, 0.717) is 6.54 Å². The molecule has 3 nitrogen and oxygen atoms in total. The summed E-state index contributed by atoms with van der Waals surface area (Å²) in [7, 11) is 0. The van der Waals surface area contributed by atoms with Crippen molar-refractivity contribution in [2.75, 3.05) is 19.7 Å². The molecule has 0 aliphatic carbocycles. The maximum atomic E-state index is 5.85. The summed E-state index contributed by atoms with van der Waals surface area (Å²) >= 11 is 0. The van der Waals surface area contributed by atoms with E-state index in [2.05, 4.69) is 24.4 Å². The van der Waals surface area contributed by atoms with Gasteiger partial charge < -0.3 is 15.8 Å². The summed E-state index contributed by atoms with van der Waals surface area (Å²) in [6.07, 6.45) is 3.37. The van der Waals surface area contributed by atoms with Crippen LogP contribution < -0.4 is 15.8 Å².